The van der Waals surface area contributed by atoms with Crippen molar-refractivity contribution in [2.75, 3.05) is 0 Å². The maximum absolute atomic E-state index is 10.3. The summed E-state index contributed by atoms with van der Waals surface area (Å²) in [6, 6.07) is 0. The highest BCUT2D eigenvalue weighted by Gasteiger charge is 1.96. The zero-order valence-corrected chi connectivity index (χ0v) is 11.7. The number of allylic oxidation sites excluding steroid dienone is 4. The van der Waals surface area contributed by atoms with Crippen LogP contribution in [-0.2, 0) is 4.79 Å². The van der Waals surface area contributed by atoms with Gasteiger partial charge in [0.15, 0.2) is 0 Å². The van der Waals surface area contributed by atoms with Crippen LogP contribution >= 0.6 is 0 Å². The monoisotopic (exact) mass is 252 g/mol. The number of carbonyl (C=O) groups is 1. The van der Waals surface area contributed by atoms with Crippen molar-refractivity contribution in [1.82, 2.24) is 0 Å². The van der Waals surface area contributed by atoms with Crippen LogP contribution < -0.4 is 0 Å². The van der Waals surface area contributed by atoms with Gasteiger partial charge in [0.25, 0.3) is 0 Å². The highest BCUT2D eigenvalue weighted by Crippen LogP contribution is 2.10. The standard InChI is InChI=1S/C16H28O2/c1-2-3-4-5-6-7-8-9-10-11-12-13-14-15-16(17)18/h2-3,5-6H,4,7-15H2,1H3,(H,17,18)/b3-2?,6-5+. The molecule has 0 aromatic rings. The predicted molar refractivity (Wildman–Crippen MR) is 77.8 cm³/mol. The van der Waals surface area contributed by atoms with Crippen LogP contribution in [-0.4, -0.2) is 11.1 Å². The van der Waals surface area contributed by atoms with E-state index in [-0.39, 0.29) is 0 Å². The first-order valence-corrected chi connectivity index (χ1v) is 7.25. The summed E-state index contributed by atoms with van der Waals surface area (Å²) in [5, 5.41) is 8.48. The van der Waals surface area contributed by atoms with Gasteiger partial charge in [-0.25, -0.2) is 0 Å². The number of unbranched alkanes of at least 4 members (excludes halogenated alkanes) is 7. The number of aliphatic carboxylic acids is 1. The molecule has 0 aromatic heterocycles. The first-order chi connectivity index (χ1) is 8.77. The van der Waals surface area contributed by atoms with Gasteiger partial charge in [0.2, 0.25) is 0 Å². The molecule has 0 aliphatic rings. The van der Waals surface area contributed by atoms with Crippen LogP contribution in [0.2, 0.25) is 0 Å². The smallest absolute Gasteiger partial charge is 0.303 e. The molecule has 0 amide bonds. The summed E-state index contributed by atoms with van der Waals surface area (Å²) >= 11 is 0. The summed E-state index contributed by atoms with van der Waals surface area (Å²) in [6.45, 7) is 2.05. The molecule has 0 radical (unpaired) electrons. The largest absolute Gasteiger partial charge is 0.481 e. The molecule has 0 heterocycles. The van der Waals surface area contributed by atoms with Gasteiger partial charge >= 0.3 is 5.97 Å². The summed E-state index contributed by atoms with van der Waals surface area (Å²) in [5.74, 6) is -0.667. The van der Waals surface area contributed by atoms with Crippen molar-refractivity contribution < 1.29 is 9.90 Å². The fraction of sp³-hybridized carbons (Fsp3) is 0.688. The highest BCUT2D eigenvalue weighted by atomic mass is 16.4. The zero-order chi connectivity index (χ0) is 13.5. The quantitative estimate of drug-likeness (QED) is 0.387. The molecule has 2 heteroatoms. The SMILES string of the molecule is CC=CC/C=C/CCCCCCCCCC(=O)O. The van der Waals surface area contributed by atoms with E-state index in [1.807, 2.05) is 6.92 Å². The molecular weight excluding hydrogens is 224 g/mol. The average molecular weight is 252 g/mol. The molecule has 0 aliphatic carbocycles. The Morgan fingerprint density at radius 3 is 2.11 bits per heavy atom. The summed E-state index contributed by atoms with van der Waals surface area (Å²) in [5.41, 5.74) is 0. The van der Waals surface area contributed by atoms with E-state index < -0.39 is 5.97 Å². The Bertz CT molecular complexity index is 241. The topological polar surface area (TPSA) is 37.3 Å². The van der Waals surface area contributed by atoms with Gasteiger partial charge in [-0.05, 0) is 32.6 Å². The number of rotatable bonds is 12. The van der Waals surface area contributed by atoms with E-state index in [0.29, 0.717) is 6.42 Å². The van der Waals surface area contributed by atoms with Crippen molar-refractivity contribution in [3.8, 4) is 0 Å². The minimum Gasteiger partial charge on any atom is -0.481 e. The second-order valence-corrected chi connectivity index (χ2v) is 4.68. The average Bonchev–Trinajstić information content (AvgIpc) is 2.34. The first-order valence-electron chi connectivity index (χ1n) is 7.25. The molecule has 2 nitrogen and oxygen atoms in total. The summed E-state index contributed by atoms with van der Waals surface area (Å²) < 4.78 is 0. The van der Waals surface area contributed by atoms with Gasteiger partial charge in [0.1, 0.15) is 0 Å². The van der Waals surface area contributed by atoms with Gasteiger partial charge in [-0.1, -0.05) is 56.4 Å². The number of carboxylic acids is 1. The molecule has 0 fully saturated rings. The van der Waals surface area contributed by atoms with E-state index in [1.54, 1.807) is 0 Å². The molecule has 18 heavy (non-hydrogen) atoms. The summed E-state index contributed by atoms with van der Waals surface area (Å²) in [4.78, 5) is 10.3. The van der Waals surface area contributed by atoms with Crippen LogP contribution in [0.25, 0.3) is 0 Å². The normalized spacial score (nSPS) is 11.6. The Labute approximate surface area is 112 Å². The minimum absolute atomic E-state index is 0.330. The third-order valence-corrected chi connectivity index (χ3v) is 2.94. The van der Waals surface area contributed by atoms with Crippen molar-refractivity contribution in [2.45, 2.75) is 71.1 Å². The second kappa shape index (κ2) is 14.0. The van der Waals surface area contributed by atoms with Crippen LogP contribution in [0.15, 0.2) is 24.3 Å². The molecule has 0 rings (SSSR count). The van der Waals surface area contributed by atoms with E-state index in [0.717, 1.165) is 19.3 Å². The van der Waals surface area contributed by atoms with E-state index in [2.05, 4.69) is 24.3 Å². The van der Waals surface area contributed by atoms with E-state index >= 15 is 0 Å². The zero-order valence-electron chi connectivity index (χ0n) is 11.7. The molecule has 0 atom stereocenters. The van der Waals surface area contributed by atoms with Gasteiger partial charge in [-0.15, -0.1) is 0 Å². The number of hydrogen-bond acceptors (Lipinski definition) is 1. The summed E-state index contributed by atoms with van der Waals surface area (Å²) in [6.07, 6.45) is 19.5. The Morgan fingerprint density at radius 1 is 0.889 bits per heavy atom. The first kappa shape index (κ1) is 16.9. The fourth-order valence-corrected chi connectivity index (χ4v) is 1.85. The molecule has 0 saturated carbocycles. The van der Waals surface area contributed by atoms with Crippen molar-refractivity contribution in [1.29, 1.82) is 0 Å². The van der Waals surface area contributed by atoms with Gasteiger partial charge < -0.3 is 5.11 Å². The third-order valence-electron chi connectivity index (χ3n) is 2.94. The van der Waals surface area contributed by atoms with Gasteiger partial charge in [0.05, 0.1) is 0 Å². The predicted octanol–water partition coefficient (Wildman–Crippen LogP) is 5.10. The maximum atomic E-state index is 10.3. The molecular formula is C16H28O2. The Hall–Kier alpha value is -1.05. The van der Waals surface area contributed by atoms with E-state index in [4.69, 9.17) is 5.11 Å². The molecule has 0 aromatic carbocycles. The molecule has 0 saturated heterocycles. The van der Waals surface area contributed by atoms with Crippen LogP contribution in [0.4, 0.5) is 0 Å². The maximum Gasteiger partial charge on any atom is 0.303 e. The second-order valence-electron chi connectivity index (χ2n) is 4.68. The van der Waals surface area contributed by atoms with E-state index in [1.165, 1.54) is 38.5 Å². The molecule has 104 valence electrons. The number of carboxylic acid groups (broad SMARTS) is 1. The van der Waals surface area contributed by atoms with Gasteiger partial charge in [-0.2, -0.15) is 0 Å². The highest BCUT2D eigenvalue weighted by molar-refractivity contribution is 5.66. The van der Waals surface area contributed by atoms with Crippen LogP contribution in [0.5, 0.6) is 0 Å². The lowest BCUT2D eigenvalue weighted by molar-refractivity contribution is -0.137. The Morgan fingerprint density at radius 2 is 1.50 bits per heavy atom. The van der Waals surface area contributed by atoms with Crippen molar-refractivity contribution in [3.63, 3.8) is 0 Å². The summed E-state index contributed by atoms with van der Waals surface area (Å²) in [7, 11) is 0. The lowest BCUT2D eigenvalue weighted by Crippen LogP contribution is -1.93. The lowest BCUT2D eigenvalue weighted by Gasteiger charge is -2.00. The van der Waals surface area contributed by atoms with Crippen LogP contribution in [0.3, 0.4) is 0 Å². The molecule has 0 spiro atoms. The third kappa shape index (κ3) is 14.9. The van der Waals surface area contributed by atoms with Crippen molar-refractivity contribution >= 4 is 5.97 Å². The Kier molecular flexibility index (Phi) is 13.2. The van der Waals surface area contributed by atoms with Crippen molar-refractivity contribution in [2.24, 2.45) is 0 Å². The van der Waals surface area contributed by atoms with Crippen molar-refractivity contribution in [3.05, 3.63) is 24.3 Å². The van der Waals surface area contributed by atoms with Crippen LogP contribution in [0, 0.1) is 0 Å². The van der Waals surface area contributed by atoms with Crippen LogP contribution in [0.1, 0.15) is 71.1 Å². The minimum atomic E-state index is -0.667. The van der Waals surface area contributed by atoms with Gasteiger partial charge in [-0.3, -0.25) is 4.79 Å². The molecule has 0 unspecified atom stereocenters. The molecule has 1 N–H and O–H groups in total. The fourth-order valence-electron chi connectivity index (χ4n) is 1.85. The lowest BCUT2D eigenvalue weighted by atomic mass is 10.1. The number of hydrogen-bond donors (Lipinski definition) is 1. The van der Waals surface area contributed by atoms with Gasteiger partial charge in [0, 0.05) is 6.42 Å². The molecule has 0 aliphatic heterocycles. The Balaban J connectivity index is 3.07. The molecule has 0 bridgehead atoms. The van der Waals surface area contributed by atoms with E-state index in [9.17, 15) is 4.79 Å².